The predicted molar refractivity (Wildman–Crippen MR) is 61.4 cm³/mol. The standard InChI is InChI=1S/C10H20N2OS/c1-7(14-2)10(13)12-9-5-3-4-8(11)6-9/h7-9H,3-6,11H2,1-2H3,(H,12,13). The van der Waals surface area contributed by atoms with E-state index in [1.807, 2.05) is 13.2 Å². The highest BCUT2D eigenvalue weighted by Gasteiger charge is 2.22. The summed E-state index contributed by atoms with van der Waals surface area (Å²) in [6, 6.07) is 0.583. The highest BCUT2D eigenvalue weighted by atomic mass is 32.2. The third-order valence-electron chi connectivity index (χ3n) is 2.78. The quantitative estimate of drug-likeness (QED) is 0.743. The topological polar surface area (TPSA) is 55.1 Å². The molecule has 0 radical (unpaired) electrons. The van der Waals surface area contributed by atoms with Gasteiger partial charge in [-0.05, 0) is 38.9 Å². The van der Waals surface area contributed by atoms with Crippen LogP contribution in [0.15, 0.2) is 0 Å². The molecule has 1 aliphatic carbocycles. The van der Waals surface area contributed by atoms with Crippen LogP contribution < -0.4 is 11.1 Å². The third kappa shape index (κ3) is 3.50. The number of carbonyl (C=O) groups excluding carboxylic acids is 1. The van der Waals surface area contributed by atoms with Gasteiger partial charge in [-0.1, -0.05) is 0 Å². The van der Waals surface area contributed by atoms with Crippen molar-refractivity contribution >= 4 is 17.7 Å². The first-order chi connectivity index (χ1) is 6.63. The predicted octanol–water partition coefficient (Wildman–Crippen LogP) is 1.12. The number of hydrogen-bond donors (Lipinski definition) is 2. The molecule has 4 heteroatoms. The minimum atomic E-state index is 0.0492. The van der Waals surface area contributed by atoms with E-state index >= 15 is 0 Å². The summed E-state index contributed by atoms with van der Waals surface area (Å²) in [7, 11) is 0. The van der Waals surface area contributed by atoms with Gasteiger partial charge in [-0.2, -0.15) is 11.8 Å². The second-order valence-electron chi connectivity index (χ2n) is 4.01. The molecule has 0 heterocycles. The molecule has 0 aromatic heterocycles. The Hall–Kier alpha value is -0.220. The average Bonchev–Trinajstić information content (AvgIpc) is 2.16. The summed E-state index contributed by atoms with van der Waals surface area (Å²) in [4.78, 5) is 11.6. The largest absolute Gasteiger partial charge is 0.352 e. The zero-order valence-electron chi connectivity index (χ0n) is 8.95. The molecule has 0 aliphatic heterocycles. The Balaban J connectivity index is 2.32. The van der Waals surface area contributed by atoms with Crippen LogP contribution in [0, 0.1) is 0 Å². The maximum atomic E-state index is 11.6. The number of carbonyl (C=O) groups is 1. The fraction of sp³-hybridized carbons (Fsp3) is 0.900. The summed E-state index contributed by atoms with van der Waals surface area (Å²) in [5.41, 5.74) is 5.85. The molecule has 14 heavy (non-hydrogen) atoms. The van der Waals surface area contributed by atoms with Gasteiger partial charge in [0.1, 0.15) is 0 Å². The highest BCUT2D eigenvalue weighted by Crippen LogP contribution is 2.17. The number of nitrogens with one attached hydrogen (secondary N) is 1. The molecular weight excluding hydrogens is 196 g/mol. The van der Waals surface area contributed by atoms with E-state index in [-0.39, 0.29) is 17.2 Å². The van der Waals surface area contributed by atoms with Crippen LogP contribution in [-0.2, 0) is 4.79 Å². The Labute approximate surface area is 90.2 Å². The van der Waals surface area contributed by atoms with E-state index in [2.05, 4.69) is 5.32 Å². The summed E-state index contributed by atoms with van der Waals surface area (Å²) in [6.07, 6.45) is 6.22. The van der Waals surface area contributed by atoms with Crippen LogP contribution in [0.25, 0.3) is 0 Å². The van der Waals surface area contributed by atoms with Crippen molar-refractivity contribution in [1.29, 1.82) is 0 Å². The number of rotatable bonds is 3. The van der Waals surface area contributed by atoms with E-state index < -0.39 is 0 Å². The molecule has 0 spiro atoms. The van der Waals surface area contributed by atoms with Gasteiger partial charge in [0.2, 0.25) is 5.91 Å². The zero-order valence-corrected chi connectivity index (χ0v) is 9.77. The molecule has 1 amide bonds. The van der Waals surface area contributed by atoms with Crippen LogP contribution in [0.5, 0.6) is 0 Å². The lowest BCUT2D eigenvalue weighted by molar-refractivity contribution is -0.121. The Kier molecular flexibility index (Phi) is 4.75. The van der Waals surface area contributed by atoms with Gasteiger partial charge in [-0.15, -0.1) is 0 Å². The van der Waals surface area contributed by atoms with Crippen molar-refractivity contribution in [2.24, 2.45) is 5.73 Å². The second-order valence-corrected chi connectivity index (χ2v) is 5.19. The summed E-state index contributed by atoms with van der Waals surface area (Å²) in [5.74, 6) is 0.150. The molecule has 3 N–H and O–H groups in total. The fourth-order valence-corrected chi connectivity index (χ4v) is 2.07. The molecule has 0 aromatic carbocycles. The van der Waals surface area contributed by atoms with Crippen molar-refractivity contribution in [3.63, 3.8) is 0 Å². The summed E-state index contributed by atoms with van der Waals surface area (Å²) in [5, 5.41) is 3.11. The van der Waals surface area contributed by atoms with E-state index in [0.717, 1.165) is 25.7 Å². The van der Waals surface area contributed by atoms with Gasteiger partial charge < -0.3 is 11.1 Å². The van der Waals surface area contributed by atoms with Crippen molar-refractivity contribution in [3.05, 3.63) is 0 Å². The minimum Gasteiger partial charge on any atom is -0.352 e. The molecule has 0 bridgehead atoms. The van der Waals surface area contributed by atoms with E-state index in [0.29, 0.717) is 6.04 Å². The molecule has 3 nitrogen and oxygen atoms in total. The lowest BCUT2D eigenvalue weighted by Gasteiger charge is -2.28. The molecule has 1 aliphatic rings. The molecule has 3 unspecified atom stereocenters. The number of hydrogen-bond acceptors (Lipinski definition) is 3. The highest BCUT2D eigenvalue weighted by molar-refractivity contribution is 7.99. The van der Waals surface area contributed by atoms with Crippen LogP contribution >= 0.6 is 11.8 Å². The Morgan fingerprint density at radius 1 is 1.57 bits per heavy atom. The van der Waals surface area contributed by atoms with Gasteiger partial charge in [0, 0.05) is 12.1 Å². The molecular formula is C10H20N2OS. The van der Waals surface area contributed by atoms with E-state index in [1.54, 1.807) is 11.8 Å². The van der Waals surface area contributed by atoms with E-state index in [4.69, 9.17) is 5.73 Å². The van der Waals surface area contributed by atoms with Gasteiger partial charge in [0.15, 0.2) is 0 Å². The number of amides is 1. The van der Waals surface area contributed by atoms with Crippen LogP contribution in [0.3, 0.4) is 0 Å². The SMILES string of the molecule is CSC(C)C(=O)NC1CCCC(N)C1. The summed E-state index contributed by atoms with van der Waals surface area (Å²) in [6.45, 7) is 1.93. The van der Waals surface area contributed by atoms with Gasteiger partial charge in [-0.25, -0.2) is 0 Å². The monoisotopic (exact) mass is 216 g/mol. The number of thioether (sulfide) groups is 1. The zero-order chi connectivity index (χ0) is 10.6. The lowest BCUT2D eigenvalue weighted by Crippen LogP contribution is -2.44. The molecule has 1 rings (SSSR count). The normalized spacial score (nSPS) is 29.6. The van der Waals surface area contributed by atoms with Crippen molar-refractivity contribution in [2.45, 2.75) is 49.9 Å². The molecule has 3 atom stereocenters. The maximum Gasteiger partial charge on any atom is 0.233 e. The molecule has 0 aromatic rings. The van der Waals surface area contributed by atoms with Crippen LogP contribution in [0.2, 0.25) is 0 Å². The van der Waals surface area contributed by atoms with Crippen molar-refractivity contribution < 1.29 is 4.79 Å². The van der Waals surface area contributed by atoms with Crippen molar-refractivity contribution in [2.75, 3.05) is 6.26 Å². The molecule has 1 fully saturated rings. The van der Waals surface area contributed by atoms with Crippen LogP contribution in [0.4, 0.5) is 0 Å². The fourth-order valence-electron chi connectivity index (χ4n) is 1.78. The Morgan fingerprint density at radius 2 is 2.29 bits per heavy atom. The van der Waals surface area contributed by atoms with E-state index in [1.165, 1.54) is 0 Å². The van der Waals surface area contributed by atoms with Crippen molar-refractivity contribution in [1.82, 2.24) is 5.32 Å². The second kappa shape index (κ2) is 5.61. The Morgan fingerprint density at radius 3 is 2.86 bits per heavy atom. The first-order valence-corrected chi connectivity index (χ1v) is 6.51. The van der Waals surface area contributed by atoms with Gasteiger partial charge in [-0.3, -0.25) is 4.79 Å². The van der Waals surface area contributed by atoms with E-state index in [9.17, 15) is 4.79 Å². The van der Waals surface area contributed by atoms with Crippen LogP contribution in [0.1, 0.15) is 32.6 Å². The maximum absolute atomic E-state index is 11.6. The Bertz CT molecular complexity index is 199. The molecule has 0 saturated heterocycles. The van der Waals surface area contributed by atoms with Crippen LogP contribution in [-0.4, -0.2) is 29.5 Å². The summed E-state index contributed by atoms with van der Waals surface area (Å²) >= 11 is 1.58. The third-order valence-corrected chi connectivity index (χ3v) is 3.71. The van der Waals surface area contributed by atoms with Gasteiger partial charge in [0.05, 0.1) is 5.25 Å². The lowest BCUT2D eigenvalue weighted by atomic mass is 9.91. The van der Waals surface area contributed by atoms with Gasteiger partial charge >= 0.3 is 0 Å². The first kappa shape index (κ1) is 11.9. The van der Waals surface area contributed by atoms with Crippen molar-refractivity contribution in [3.8, 4) is 0 Å². The smallest absolute Gasteiger partial charge is 0.233 e. The molecule has 82 valence electrons. The minimum absolute atomic E-state index is 0.0492. The average molecular weight is 216 g/mol. The summed E-state index contributed by atoms with van der Waals surface area (Å²) < 4.78 is 0. The molecule has 1 saturated carbocycles. The number of nitrogens with two attached hydrogens (primary N) is 1. The van der Waals surface area contributed by atoms with Gasteiger partial charge in [0.25, 0.3) is 0 Å². The first-order valence-electron chi connectivity index (χ1n) is 5.22.